The Labute approximate surface area is 156 Å². The zero-order valence-electron chi connectivity index (χ0n) is 14.6. The molecule has 2 amide bonds. The van der Waals surface area contributed by atoms with E-state index in [4.69, 9.17) is 5.73 Å². The zero-order chi connectivity index (χ0) is 19.7. The SMILES string of the molecule is Cn1c(=O)c2c(ncn2CCC(=O)Nc2nc(CC(N)=O)cs2)n(C)c1=O. The molecule has 0 aliphatic rings. The predicted octanol–water partition coefficient (Wildman–Crippen LogP) is -1.05. The summed E-state index contributed by atoms with van der Waals surface area (Å²) in [4.78, 5) is 55.5. The smallest absolute Gasteiger partial charge is 0.332 e. The third kappa shape index (κ3) is 3.65. The van der Waals surface area contributed by atoms with Crippen LogP contribution in [0.25, 0.3) is 11.2 Å². The molecular formula is C15H17N7O4S. The molecule has 0 spiro atoms. The van der Waals surface area contributed by atoms with Crippen molar-refractivity contribution < 1.29 is 9.59 Å². The second-order valence-electron chi connectivity index (χ2n) is 5.90. The van der Waals surface area contributed by atoms with Gasteiger partial charge in [-0.1, -0.05) is 0 Å². The van der Waals surface area contributed by atoms with Gasteiger partial charge in [0.05, 0.1) is 18.4 Å². The molecule has 0 saturated carbocycles. The van der Waals surface area contributed by atoms with Crippen molar-refractivity contribution >= 4 is 39.4 Å². The quantitative estimate of drug-likeness (QED) is 0.548. The summed E-state index contributed by atoms with van der Waals surface area (Å²) in [6.45, 7) is 0.204. The topological polar surface area (TPSA) is 147 Å². The van der Waals surface area contributed by atoms with Crippen LogP contribution in [0.3, 0.4) is 0 Å². The Bertz CT molecular complexity index is 1150. The third-order valence-electron chi connectivity index (χ3n) is 3.95. The Morgan fingerprint density at radius 3 is 2.70 bits per heavy atom. The highest BCUT2D eigenvalue weighted by atomic mass is 32.1. The number of imidazole rings is 1. The minimum absolute atomic E-state index is 0.00934. The van der Waals surface area contributed by atoms with Crippen LogP contribution in [0.1, 0.15) is 12.1 Å². The molecule has 3 aromatic heterocycles. The molecule has 0 aromatic carbocycles. The van der Waals surface area contributed by atoms with Crippen LogP contribution in [0, 0.1) is 0 Å². The molecule has 12 heteroatoms. The number of carbonyl (C=O) groups is 2. The Morgan fingerprint density at radius 2 is 2.00 bits per heavy atom. The van der Waals surface area contributed by atoms with E-state index < -0.39 is 17.2 Å². The lowest BCUT2D eigenvalue weighted by Gasteiger charge is -2.06. The normalized spacial score (nSPS) is 11.0. The number of nitrogens with two attached hydrogens (primary N) is 1. The van der Waals surface area contributed by atoms with Gasteiger partial charge in [0.25, 0.3) is 5.56 Å². The van der Waals surface area contributed by atoms with E-state index in [2.05, 4.69) is 15.3 Å². The number of fused-ring (bicyclic) bond motifs is 1. The standard InChI is InChI=1S/C15H17N7O4S/c1-20-12-11(13(25)21(2)15(20)26)22(7-17-12)4-3-10(24)19-14-18-8(6-27-14)5-9(16)23/h6-7H,3-5H2,1-2H3,(H2,16,23)(H,18,19,24). The van der Waals surface area contributed by atoms with E-state index in [0.717, 1.165) is 4.57 Å². The maximum atomic E-state index is 12.4. The fourth-order valence-electron chi connectivity index (χ4n) is 2.59. The van der Waals surface area contributed by atoms with Crippen LogP contribution in [-0.4, -0.2) is 35.5 Å². The number of primary amides is 1. The van der Waals surface area contributed by atoms with Crippen molar-refractivity contribution in [3.8, 4) is 0 Å². The number of hydrogen-bond donors (Lipinski definition) is 2. The minimum Gasteiger partial charge on any atom is -0.369 e. The zero-order valence-corrected chi connectivity index (χ0v) is 15.4. The van der Waals surface area contributed by atoms with Crippen molar-refractivity contribution in [3.05, 3.63) is 38.2 Å². The van der Waals surface area contributed by atoms with Gasteiger partial charge >= 0.3 is 5.69 Å². The number of carbonyl (C=O) groups excluding carboxylic acids is 2. The average Bonchev–Trinajstić information content (AvgIpc) is 3.22. The summed E-state index contributed by atoms with van der Waals surface area (Å²) < 4.78 is 3.82. The molecule has 27 heavy (non-hydrogen) atoms. The summed E-state index contributed by atoms with van der Waals surface area (Å²) >= 11 is 1.19. The van der Waals surface area contributed by atoms with Gasteiger partial charge in [-0.25, -0.2) is 14.8 Å². The van der Waals surface area contributed by atoms with Crippen molar-refractivity contribution in [3.63, 3.8) is 0 Å². The average molecular weight is 391 g/mol. The highest BCUT2D eigenvalue weighted by Crippen LogP contribution is 2.16. The first-order valence-electron chi connectivity index (χ1n) is 7.91. The van der Waals surface area contributed by atoms with Crippen LogP contribution in [0.2, 0.25) is 0 Å². The molecule has 3 heterocycles. The Kier molecular flexibility index (Phi) is 4.90. The van der Waals surface area contributed by atoms with Gasteiger partial charge in [-0.2, -0.15) is 0 Å². The van der Waals surface area contributed by atoms with E-state index in [1.165, 1.54) is 40.9 Å². The number of amides is 2. The molecule has 0 aliphatic heterocycles. The van der Waals surface area contributed by atoms with Crippen LogP contribution < -0.4 is 22.3 Å². The Hall–Kier alpha value is -3.28. The lowest BCUT2D eigenvalue weighted by molar-refractivity contribution is -0.117. The fraction of sp³-hybridized carbons (Fsp3) is 0.333. The molecule has 3 N–H and O–H groups in total. The monoisotopic (exact) mass is 391 g/mol. The molecule has 3 rings (SSSR count). The van der Waals surface area contributed by atoms with E-state index in [-0.39, 0.29) is 36.5 Å². The molecule has 3 aromatic rings. The first-order valence-corrected chi connectivity index (χ1v) is 8.79. The number of anilines is 1. The number of hydrogen-bond acceptors (Lipinski definition) is 7. The lowest BCUT2D eigenvalue weighted by Crippen LogP contribution is -2.37. The molecular weight excluding hydrogens is 374 g/mol. The number of thiazole rings is 1. The molecule has 142 valence electrons. The number of nitrogens with one attached hydrogen (secondary N) is 1. The lowest BCUT2D eigenvalue weighted by atomic mass is 10.3. The number of nitrogens with zero attached hydrogens (tertiary/aromatic N) is 5. The summed E-state index contributed by atoms with van der Waals surface area (Å²) in [6.07, 6.45) is 1.50. The van der Waals surface area contributed by atoms with Crippen LogP contribution >= 0.6 is 11.3 Å². The maximum absolute atomic E-state index is 12.4. The van der Waals surface area contributed by atoms with E-state index >= 15 is 0 Å². The Balaban J connectivity index is 1.73. The summed E-state index contributed by atoms with van der Waals surface area (Å²) in [5, 5.41) is 4.65. The van der Waals surface area contributed by atoms with Crippen molar-refractivity contribution in [1.82, 2.24) is 23.7 Å². The molecule has 0 bridgehead atoms. The molecule has 0 atom stereocenters. The summed E-state index contributed by atoms with van der Waals surface area (Å²) in [5.74, 6) is -0.806. The van der Waals surface area contributed by atoms with E-state index in [9.17, 15) is 19.2 Å². The van der Waals surface area contributed by atoms with Gasteiger partial charge in [0, 0.05) is 32.4 Å². The van der Waals surface area contributed by atoms with Gasteiger partial charge in [0.15, 0.2) is 16.3 Å². The first-order chi connectivity index (χ1) is 12.8. The van der Waals surface area contributed by atoms with Crippen LogP contribution in [0.4, 0.5) is 5.13 Å². The summed E-state index contributed by atoms with van der Waals surface area (Å²) in [5.41, 5.74) is 5.18. The van der Waals surface area contributed by atoms with Crippen molar-refractivity contribution in [2.45, 2.75) is 19.4 Å². The van der Waals surface area contributed by atoms with Crippen LogP contribution in [-0.2, 0) is 36.6 Å². The third-order valence-corrected chi connectivity index (χ3v) is 4.76. The highest BCUT2D eigenvalue weighted by molar-refractivity contribution is 7.13. The maximum Gasteiger partial charge on any atom is 0.332 e. The second kappa shape index (κ2) is 7.15. The van der Waals surface area contributed by atoms with Crippen molar-refractivity contribution in [2.24, 2.45) is 19.8 Å². The van der Waals surface area contributed by atoms with Gasteiger partial charge in [0.2, 0.25) is 11.8 Å². The molecule has 0 aliphatic carbocycles. The number of rotatable bonds is 6. The van der Waals surface area contributed by atoms with Gasteiger partial charge in [-0.3, -0.25) is 23.5 Å². The van der Waals surface area contributed by atoms with Crippen molar-refractivity contribution in [1.29, 1.82) is 0 Å². The van der Waals surface area contributed by atoms with Crippen LogP contribution in [0.15, 0.2) is 21.3 Å². The summed E-state index contributed by atoms with van der Waals surface area (Å²) in [7, 11) is 2.92. The second-order valence-corrected chi connectivity index (χ2v) is 6.76. The molecule has 0 radical (unpaired) electrons. The van der Waals surface area contributed by atoms with E-state index in [1.807, 2.05) is 0 Å². The highest BCUT2D eigenvalue weighted by Gasteiger charge is 2.15. The molecule has 0 saturated heterocycles. The molecule has 0 fully saturated rings. The van der Waals surface area contributed by atoms with Gasteiger partial charge in [0.1, 0.15) is 0 Å². The van der Waals surface area contributed by atoms with Gasteiger partial charge in [-0.15, -0.1) is 11.3 Å². The first kappa shape index (κ1) is 18.5. The largest absolute Gasteiger partial charge is 0.369 e. The van der Waals surface area contributed by atoms with E-state index in [1.54, 1.807) is 5.38 Å². The number of aryl methyl sites for hydroxylation is 2. The minimum atomic E-state index is -0.499. The van der Waals surface area contributed by atoms with E-state index in [0.29, 0.717) is 10.8 Å². The predicted molar refractivity (Wildman–Crippen MR) is 98.5 cm³/mol. The fourth-order valence-corrected chi connectivity index (χ4v) is 3.32. The Morgan fingerprint density at radius 1 is 1.26 bits per heavy atom. The van der Waals surface area contributed by atoms with Gasteiger partial charge in [-0.05, 0) is 0 Å². The number of aromatic nitrogens is 5. The molecule has 0 unspecified atom stereocenters. The molecule has 11 nitrogen and oxygen atoms in total. The van der Waals surface area contributed by atoms with Gasteiger partial charge < -0.3 is 15.6 Å². The van der Waals surface area contributed by atoms with Crippen molar-refractivity contribution in [2.75, 3.05) is 5.32 Å². The van der Waals surface area contributed by atoms with Crippen LogP contribution in [0.5, 0.6) is 0 Å². The summed E-state index contributed by atoms with van der Waals surface area (Å²) in [6, 6.07) is 0.